The summed E-state index contributed by atoms with van der Waals surface area (Å²) < 4.78 is 6.70. The molecule has 1 atom stereocenters. The van der Waals surface area contributed by atoms with Crippen molar-refractivity contribution in [3.05, 3.63) is 34.8 Å². The third-order valence-corrected chi connectivity index (χ3v) is 4.53. The number of carbonyl (C=O) groups is 1. The standard InChI is InChI=1S/C17H22N2O4/c20-12-9-13-5-3-4-10-18(13)16(21)8-11-19-14-6-1-2-7-15(14)23-17(19)22/h1-2,6-7,13,20H,3-5,8-12H2. The van der Waals surface area contributed by atoms with Gasteiger partial charge >= 0.3 is 5.76 Å². The number of likely N-dealkylation sites (tertiary alicyclic amines) is 1. The summed E-state index contributed by atoms with van der Waals surface area (Å²) in [5.41, 5.74) is 1.26. The number of oxazole rings is 1. The summed E-state index contributed by atoms with van der Waals surface area (Å²) >= 11 is 0. The molecule has 0 bridgehead atoms. The van der Waals surface area contributed by atoms with Gasteiger partial charge in [-0.05, 0) is 37.8 Å². The number of nitrogens with zero attached hydrogens (tertiary/aromatic N) is 2. The molecule has 1 fully saturated rings. The van der Waals surface area contributed by atoms with Crippen molar-refractivity contribution < 1.29 is 14.3 Å². The lowest BCUT2D eigenvalue weighted by molar-refractivity contribution is -0.135. The third kappa shape index (κ3) is 3.32. The highest BCUT2D eigenvalue weighted by Crippen LogP contribution is 2.21. The van der Waals surface area contributed by atoms with Crippen molar-refractivity contribution in [3.63, 3.8) is 0 Å². The smallest absolute Gasteiger partial charge is 0.408 e. The van der Waals surface area contributed by atoms with Crippen molar-refractivity contribution in [2.24, 2.45) is 0 Å². The highest BCUT2D eigenvalue weighted by atomic mass is 16.4. The Balaban J connectivity index is 1.70. The zero-order valence-corrected chi connectivity index (χ0v) is 13.1. The van der Waals surface area contributed by atoms with Crippen LogP contribution in [0.15, 0.2) is 33.5 Å². The average Bonchev–Trinajstić information content (AvgIpc) is 2.89. The minimum Gasteiger partial charge on any atom is -0.408 e. The highest BCUT2D eigenvalue weighted by molar-refractivity contribution is 5.77. The van der Waals surface area contributed by atoms with Gasteiger partial charge in [0.15, 0.2) is 5.58 Å². The van der Waals surface area contributed by atoms with Crippen molar-refractivity contribution in [1.82, 2.24) is 9.47 Å². The zero-order valence-electron chi connectivity index (χ0n) is 13.1. The van der Waals surface area contributed by atoms with Crippen molar-refractivity contribution in [1.29, 1.82) is 0 Å². The molecule has 1 aromatic carbocycles. The van der Waals surface area contributed by atoms with E-state index in [0.717, 1.165) is 31.3 Å². The number of hydrogen-bond acceptors (Lipinski definition) is 4. The van der Waals surface area contributed by atoms with Gasteiger partial charge in [-0.1, -0.05) is 12.1 Å². The molecule has 0 radical (unpaired) electrons. The first-order valence-corrected chi connectivity index (χ1v) is 8.19. The normalized spacial score (nSPS) is 18.5. The van der Waals surface area contributed by atoms with E-state index in [-0.39, 0.29) is 25.0 Å². The van der Waals surface area contributed by atoms with Crippen LogP contribution in [-0.4, -0.2) is 39.7 Å². The molecule has 6 nitrogen and oxygen atoms in total. The summed E-state index contributed by atoms with van der Waals surface area (Å²) in [6.07, 6.45) is 3.94. The molecule has 1 unspecified atom stereocenters. The number of piperidine rings is 1. The minimum atomic E-state index is -0.426. The van der Waals surface area contributed by atoms with Crippen molar-refractivity contribution in [3.8, 4) is 0 Å². The number of aromatic nitrogens is 1. The fourth-order valence-electron chi connectivity index (χ4n) is 3.35. The molecular weight excluding hydrogens is 296 g/mol. The molecule has 1 saturated heterocycles. The summed E-state index contributed by atoms with van der Waals surface area (Å²) in [5.74, 6) is -0.384. The van der Waals surface area contributed by atoms with Crippen molar-refractivity contribution in [2.75, 3.05) is 13.2 Å². The molecule has 2 aromatic rings. The van der Waals surface area contributed by atoms with E-state index in [0.29, 0.717) is 18.5 Å². The number of aryl methyl sites for hydroxylation is 1. The summed E-state index contributed by atoms with van der Waals surface area (Å²) in [5, 5.41) is 9.16. The van der Waals surface area contributed by atoms with Gasteiger partial charge in [-0.3, -0.25) is 9.36 Å². The Kier molecular flexibility index (Phi) is 4.81. The quantitative estimate of drug-likeness (QED) is 0.911. The van der Waals surface area contributed by atoms with Crippen LogP contribution < -0.4 is 5.76 Å². The number of aliphatic hydroxyl groups excluding tert-OH is 1. The third-order valence-electron chi connectivity index (χ3n) is 4.53. The molecule has 0 saturated carbocycles. The number of amides is 1. The van der Waals surface area contributed by atoms with Crippen LogP contribution in [0, 0.1) is 0 Å². The average molecular weight is 318 g/mol. The molecule has 1 aliphatic heterocycles. The SMILES string of the molecule is O=C(CCn1c(=O)oc2ccccc21)N1CCCCC1CCO. The van der Waals surface area contributed by atoms with Gasteiger partial charge in [-0.25, -0.2) is 4.79 Å². The second-order valence-electron chi connectivity index (χ2n) is 5.99. The Labute approximate surface area is 134 Å². The molecule has 23 heavy (non-hydrogen) atoms. The second-order valence-corrected chi connectivity index (χ2v) is 5.99. The molecule has 6 heteroatoms. The van der Waals surface area contributed by atoms with Gasteiger partial charge in [0.05, 0.1) is 5.52 Å². The Morgan fingerprint density at radius 3 is 2.96 bits per heavy atom. The van der Waals surface area contributed by atoms with E-state index in [2.05, 4.69) is 0 Å². The van der Waals surface area contributed by atoms with Gasteiger partial charge < -0.3 is 14.4 Å². The van der Waals surface area contributed by atoms with Gasteiger partial charge in [-0.15, -0.1) is 0 Å². The van der Waals surface area contributed by atoms with E-state index in [4.69, 9.17) is 9.52 Å². The maximum atomic E-state index is 12.5. The number of aliphatic hydroxyl groups is 1. The van der Waals surface area contributed by atoms with Crippen molar-refractivity contribution in [2.45, 2.75) is 44.7 Å². The number of carbonyl (C=O) groups excluding carboxylic acids is 1. The van der Waals surface area contributed by atoms with Crippen LogP contribution in [0.4, 0.5) is 0 Å². The van der Waals surface area contributed by atoms with Crippen LogP contribution in [0.25, 0.3) is 11.1 Å². The van der Waals surface area contributed by atoms with Crippen LogP contribution in [-0.2, 0) is 11.3 Å². The Hall–Kier alpha value is -2.08. The van der Waals surface area contributed by atoms with E-state index >= 15 is 0 Å². The zero-order chi connectivity index (χ0) is 16.2. The lowest BCUT2D eigenvalue weighted by Gasteiger charge is -2.35. The first-order chi connectivity index (χ1) is 11.2. The fraction of sp³-hybridized carbons (Fsp3) is 0.529. The van der Waals surface area contributed by atoms with E-state index in [1.54, 1.807) is 6.07 Å². The number of hydrogen-bond donors (Lipinski definition) is 1. The van der Waals surface area contributed by atoms with E-state index in [1.807, 2.05) is 23.1 Å². The molecule has 3 rings (SSSR count). The van der Waals surface area contributed by atoms with Crippen LogP contribution in [0.2, 0.25) is 0 Å². The van der Waals surface area contributed by atoms with Gasteiger partial charge in [0, 0.05) is 32.2 Å². The first kappa shape index (κ1) is 15.8. The molecule has 1 N–H and O–H groups in total. The van der Waals surface area contributed by atoms with Gasteiger partial charge in [0.2, 0.25) is 5.91 Å². The van der Waals surface area contributed by atoms with Crippen molar-refractivity contribution >= 4 is 17.0 Å². The van der Waals surface area contributed by atoms with Gasteiger partial charge in [0.1, 0.15) is 0 Å². The first-order valence-electron chi connectivity index (χ1n) is 8.19. The molecule has 1 aromatic heterocycles. The Morgan fingerprint density at radius 2 is 2.13 bits per heavy atom. The molecule has 0 spiro atoms. The van der Waals surface area contributed by atoms with Crippen LogP contribution in [0.3, 0.4) is 0 Å². The van der Waals surface area contributed by atoms with E-state index in [9.17, 15) is 9.59 Å². The molecule has 124 valence electrons. The Morgan fingerprint density at radius 1 is 1.30 bits per heavy atom. The number of rotatable bonds is 5. The Bertz CT molecular complexity index is 732. The topological polar surface area (TPSA) is 75.7 Å². The van der Waals surface area contributed by atoms with Crippen LogP contribution in [0.5, 0.6) is 0 Å². The van der Waals surface area contributed by atoms with Crippen LogP contribution in [0.1, 0.15) is 32.1 Å². The van der Waals surface area contributed by atoms with E-state index in [1.165, 1.54) is 4.57 Å². The summed E-state index contributed by atoms with van der Waals surface area (Å²) in [6.45, 7) is 1.15. The summed E-state index contributed by atoms with van der Waals surface area (Å²) in [6, 6.07) is 7.35. The summed E-state index contributed by atoms with van der Waals surface area (Å²) in [4.78, 5) is 26.3. The number of benzene rings is 1. The molecular formula is C17H22N2O4. The second kappa shape index (κ2) is 7.00. The monoisotopic (exact) mass is 318 g/mol. The number of fused-ring (bicyclic) bond motifs is 1. The lowest BCUT2D eigenvalue weighted by atomic mass is 9.99. The van der Waals surface area contributed by atoms with Crippen LogP contribution >= 0.6 is 0 Å². The van der Waals surface area contributed by atoms with E-state index < -0.39 is 5.76 Å². The molecule has 1 amide bonds. The lowest BCUT2D eigenvalue weighted by Crippen LogP contribution is -2.44. The predicted octanol–water partition coefficient (Wildman–Crippen LogP) is 1.75. The number of para-hydroxylation sites is 2. The molecule has 1 aliphatic rings. The largest absolute Gasteiger partial charge is 0.419 e. The maximum absolute atomic E-state index is 12.5. The molecule has 0 aliphatic carbocycles. The predicted molar refractivity (Wildman–Crippen MR) is 86.1 cm³/mol. The molecule has 2 heterocycles. The summed E-state index contributed by atoms with van der Waals surface area (Å²) in [7, 11) is 0. The fourth-order valence-corrected chi connectivity index (χ4v) is 3.35. The minimum absolute atomic E-state index is 0.0420. The van der Waals surface area contributed by atoms with Gasteiger partial charge in [-0.2, -0.15) is 0 Å². The van der Waals surface area contributed by atoms with Gasteiger partial charge in [0.25, 0.3) is 0 Å². The maximum Gasteiger partial charge on any atom is 0.419 e. The highest BCUT2D eigenvalue weighted by Gasteiger charge is 2.26.